The summed E-state index contributed by atoms with van der Waals surface area (Å²) >= 11 is 4.15. The van der Waals surface area contributed by atoms with E-state index >= 15 is 0 Å². The summed E-state index contributed by atoms with van der Waals surface area (Å²) in [5.41, 5.74) is 1.51. The van der Waals surface area contributed by atoms with Crippen LogP contribution in [0.3, 0.4) is 0 Å². The fourth-order valence-electron chi connectivity index (χ4n) is 1.28. The van der Waals surface area contributed by atoms with Crippen molar-refractivity contribution in [3.8, 4) is 0 Å². The molecular formula is C8H12OS2. The molecule has 0 saturated carbocycles. The molecule has 1 fully saturated rings. The first-order valence-corrected chi connectivity index (χ1v) is 6.10. The van der Waals surface area contributed by atoms with Gasteiger partial charge in [0.25, 0.3) is 0 Å². The summed E-state index contributed by atoms with van der Waals surface area (Å²) in [7, 11) is 0. The zero-order chi connectivity index (χ0) is 7.52. The largest absolute Gasteiger partial charge is 0.501 e. The molecule has 0 aromatic rings. The van der Waals surface area contributed by atoms with Crippen LogP contribution in [0.5, 0.6) is 0 Å². The van der Waals surface area contributed by atoms with Crippen molar-refractivity contribution in [2.24, 2.45) is 0 Å². The molecule has 2 rings (SSSR count). The topological polar surface area (TPSA) is 9.23 Å². The van der Waals surface area contributed by atoms with Gasteiger partial charge >= 0.3 is 0 Å². The molecule has 2 aliphatic heterocycles. The van der Waals surface area contributed by atoms with Gasteiger partial charge in [-0.25, -0.2) is 0 Å². The van der Waals surface area contributed by atoms with Crippen molar-refractivity contribution < 1.29 is 4.74 Å². The summed E-state index contributed by atoms with van der Waals surface area (Å²) in [5, 5.41) is 0. The van der Waals surface area contributed by atoms with E-state index in [9.17, 15) is 0 Å². The number of thioether (sulfide) groups is 2. The van der Waals surface area contributed by atoms with Crippen molar-refractivity contribution in [1.29, 1.82) is 0 Å². The highest BCUT2D eigenvalue weighted by molar-refractivity contribution is 8.17. The van der Waals surface area contributed by atoms with Gasteiger partial charge in [-0.2, -0.15) is 0 Å². The first-order valence-electron chi connectivity index (χ1n) is 4.00. The van der Waals surface area contributed by atoms with Gasteiger partial charge in [0, 0.05) is 6.42 Å². The van der Waals surface area contributed by atoms with Crippen molar-refractivity contribution in [3.05, 3.63) is 11.8 Å². The molecule has 2 heterocycles. The molecule has 11 heavy (non-hydrogen) atoms. The predicted molar refractivity (Wildman–Crippen MR) is 52.0 cm³/mol. The van der Waals surface area contributed by atoms with Crippen molar-refractivity contribution in [3.63, 3.8) is 0 Å². The molecule has 0 N–H and O–H groups in total. The Bertz CT molecular complexity index is 161. The van der Waals surface area contributed by atoms with Gasteiger partial charge in [-0.15, -0.1) is 23.5 Å². The predicted octanol–water partition coefficient (Wildman–Crippen LogP) is 2.49. The molecule has 0 amide bonds. The van der Waals surface area contributed by atoms with E-state index in [-0.39, 0.29) is 0 Å². The van der Waals surface area contributed by atoms with E-state index in [2.05, 4.69) is 23.5 Å². The molecule has 0 aromatic carbocycles. The van der Waals surface area contributed by atoms with Crippen LogP contribution < -0.4 is 0 Å². The third-order valence-electron chi connectivity index (χ3n) is 1.87. The van der Waals surface area contributed by atoms with Crippen LogP contribution in [0.4, 0.5) is 0 Å². The van der Waals surface area contributed by atoms with E-state index < -0.39 is 0 Å². The fourth-order valence-corrected chi connectivity index (χ4v) is 4.25. The molecule has 0 atom stereocenters. The molecule has 0 aromatic heterocycles. The number of ether oxygens (including phenoxy) is 1. The second-order valence-corrected chi connectivity index (χ2v) is 5.46. The van der Waals surface area contributed by atoms with Gasteiger partial charge in [-0.1, -0.05) is 0 Å². The highest BCUT2D eigenvalue weighted by Crippen LogP contribution is 2.38. The Morgan fingerprint density at radius 1 is 1.36 bits per heavy atom. The zero-order valence-electron chi connectivity index (χ0n) is 6.41. The van der Waals surface area contributed by atoms with Crippen molar-refractivity contribution >= 4 is 23.5 Å². The Balaban J connectivity index is 1.92. The highest BCUT2D eigenvalue weighted by Gasteiger charge is 2.21. The molecule has 1 saturated heterocycles. The number of rotatable bonds is 1. The average Bonchev–Trinajstić information content (AvgIpc) is 2.58. The van der Waals surface area contributed by atoms with Crippen LogP contribution in [0.2, 0.25) is 0 Å². The smallest absolute Gasteiger partial charge is 0.0912 e. The van der Waals surface area contributed by atoms with Gasteiger partial charge in [0.1, 0.15) is 0 Å². The van der Waals surface area contributed by atoms with E-state index in [1.165, 1.54) is 23.5 Å². The molecule has 0 aliphatic carbocycles. The molecule has 2 aliphatic rings. The SMILES string of the molecule is C1=C(C2SCCCS2)CCO1. The molecule has 1 nitrogen and oxygen atoms in total. The van der Waals surface area contributed by atoms with Gasteiger partial charge in [0.15, 0.2) is 0 Å². The summed E-state index contributed by atoms with van der Waals surface area (Å²) in [4.78, 5) is 0. The van der Waals surface area contributed by atoms with Gasteiger partial charge in [0.05, 0.1) is 17.5 Å². The van der Waals surface area contributed by atoms with Crippen LogP contribution in [0.15, 0.2) is 11.8 Å². The van der Waals surface area contributed by atoms with Gasteiger partial charge in [0.2, 0.25) is 0 Å². The molecule has 3 heteroatoms. The third-order valence-corrected chi connectivity index (χ3v) is 4.95. The monoisotopic (exact) mass is 188 g/mol. The third kappa shape index (κ3) is 1.88. The van der Waals surface area contributed by atoms with Gasteiger partial charge < -0.3 is 4.74 Å². The maximum absolute atomic E-state index is 5.22. The van der Waals surface area contributed by atoms with E-state index in [1.54, 1.807) is 0 Å². The summed E-state index contributed by atoms with van der Waals surface area (Å²) in [5.74, 6) is 2.66. The Labute approximate surface area is 76.0 Å². The lowest BCUT2D eigenvalue weighted by molar-refractivity contribution is 0.281. The second-order valence-electron chi connectivity index (χ2n) is 2.74. The minimum atomic E-state index is 0.714. The summed E-state index contributed by atoms with van der Waals surface area (Å²) in [6.45, 7) is 0.910. The Morgan fingerprint density at radius 3 is 2.82 bits per heavy atom. The number of hydrogen-bond donors (Lipinski definition) is 0. The van der Waals surface area contributed by atoms with Crippen molar-refractivity contribution in [2.75, 3.05) is 18.1 Å². The van der Waals surface area contributed by atoms with Crippen molar-refractivity contribution in [2.45, 2.75) is 17.4 Å². The lowest BCUT2D eigenvalue weighted by Gasteiger charge is -2.20. The lowest BCUT2D eigenvalue weighted by Crippen LogP contribution is -2.08. The van der Waals surface area contributed by atoms with Crippen LogP contribution in [-0.4, -0.2) is 22.7 Å². The maximum Gasteiger partial charge on any atom is 0.0912 e. The number of hydrogen-bond acceptors (Lipinski definition) is 3. The molecule has 0 spiro atoms. The highest BCUT2D eigenvalue weighted by atomic mass is 32.2. The van der Waals surface area contributed by atoms with Crippen LogP contribution in [0, 0.1) is 0 Å². The zero-order valence-corrected chi connectivity index (χ0v) is 8.05. The first kappa shape index (κ1) is 7.87. The van der Waals surface area contributed by atoms with Crippen LogP contribution in [0.25, 0.3) is 0 Å². The lowest BCUT2D eigenvalue weighted by atomic mass is 10.3. The Hall–Kier alpha value is 0.240. The van der Waals surface area contributed by atoms with E-state index in [1.807, 2.05) is 6.26 Å². The minimum Gasteiger partial charge on any atom is -0.501 e. The normalized spacial score (nSPS) is 26.4. The van der Waals surface area contributed by atoms with Crippen LogP contribution in [-0.2, 0) is 4.74 Å². The summed E-state index contributed by atoms with van der Waals surface area (Å²) < 4.78 is 5.94. The van der Waals surface area contributed by atoms with Crippen molar-refractivity contribution in [1.82, 2.24) is 0 Å². The summed E-state index contributed by atoms with van der Waals surface area (Å²) in [6.07, 6.45) is 4.50. The molecule has 0 radical (unpaired) electrons. The van der Waals surface area contributed by atoms with Crippen LogP contribution in [0.1, 0.15) is 12.8 Å². The van der Waals surface area contributed by atoms with Gasteiger partial charge in [-0.05, 0) is 23.5 Å². The molecule has 62 valence electrons. The van der Waals surface area contributed by atoms with E-state index in [0.29, 0.717) is 4.58 Å². The Kier molecular flexibility index (Phi) is 2.69. The maximum atomic E-state index is 5.22. The quantitative estimate of drug-likeness (QED) is 0.625. The Morgan fingerprint density at radius 2 is 2.18 bits per heavy atom. The average molecular weight is 188 g/mol. The fraction of sp³-hybridized carbons (Fsp3) is 0.750. The second kappa shape index (κ2) is 3.76. The first-order chi connectivity index (χ1) is 5.47. The minimum absolute atomic E-state index is 0.714. The molecular weight excluding hydrogens is 176 g/mol. The standard InChI is InChI=1S/C8H12OS2/c1-4-10-8(11-5-1)7-2-3-9-6-7/h6,8H,1-5H2. The molecule has 0 bridgehead atoms. The summed E-state index contributed by atoms with van der Waals surface area (Å²) in [6, 6.07) is 0. The van der Waals surface area contributed by atoms with Crippen LogP contribution >= 0.6 is 23.5 Å². The van der Waals surface area contributed by atoms with E-state index in [0.717, 1.165) is 13.0 Å². The van der Waals surface area contributed by atoms with Gasteiger partial charge in [-0.3, -0.25) is 0 Å². The van der Waals surface area contributed by atoms with E-state index in [4.69, 9.17) is 4.74 Å². The molecule has 0 unspecified atom stereocenters.